The Kier molecular flexibility index (Phi) is 5.25. The maximum absolute atomic E-state index is 12.1. The average molecular weight is 330 g/mol. The van der Waals surface area contributed by atoms with E-state index in [0.29, 0.717) is 0 Å². The van der Waals surface area contributed by atoms with Gasteiger partial charge in [-0.2, -0.15) is 0 Å². The number of hydrogen-bond acceptors (Lipinski definition) is 2. The molecular formula is C14H20BrNOS. The van der Waals surface area contributed by atoms with Gasteiger partial charge in [0.1, 0.15) is 0 Å². The third-order valence-corrected chi connectivity index (χ3v) is 5.17. The molecule has 0 bridgehead atoms. The van der Waals surface area contributed by atoms with E-state index >= 15 is 0 Å². The fourth-order valence-corrected chi connectivity index (χ4v) is 3.83. The van der Waals surface area contributed by atoms with Crippen LogP contribution in [0.1, 0.15) is 52.7 Å². The minimum Gasteiger partial charge on any atom is -0.349 e. The van der Waals surface area contributed by atoms with Gasteiger partial charge in [-0.1, -0.05) is 15.9 Å². The molecule has 0 fully saturated rings. The molecule has 1 aromatic rings. The molecule has 0 aromatic carbocycles. The van der Waals surface area contributed by atoms with Crippen molar-refractivity contribution in [2.24, 2.45) is 0 Å². The molecule has 1 heterocycles. The van der Waals surface area contributed by atoms with Gasteiger partial charge in [0.2, 0.25) is 0 Å². The highest BCUT2D eigenvalue weighted by Crippen LogP contribution is 2.29. The van der Waals surface area contributed by atoms with E-state index in [-0.39, 0.29) is 11.9 Å². The van der Waals surface area contributed by atoms with Gasteiger partial charge in [-0.15, -0.1) is 11.3 Å². The fraction of sp³-hybridized carbons (Fsp3) is 0.643. The first kappa shape index (κ1) is 14.1. The molecule has 2 rings (SSSR count). The van der Waals surface area contributed by atoms with Gasteiger partial charge in [0.25, 0.3) is 5.91 Å². The van der Waals surface area contributed by atoms with Crippen molar-refractivity contribution in [3.8, 4) is 0 Å². The van der Waals surface area contributed by atoms with Crippen molar-refractivity contribution in [2.45, 2.75) is 51.5 Å². The molecule has 2 nitrogen and oxygen atoms in total. The molecule has 1 atom stereocenters. The summed E-state index contributed by atoms with van der Waals surface area (Å²) >= 11 is 5.10. The van der Waals surface area contributed by atoms with E-state index in [4.69, 9.17) is 0 Å². The molecule has 1 amide bonds. The zero-order valence-electron chi connectivity index (χ0n) is 10.8. The van der Waals surface area contributed by atoms with Crippen LogP contribution in [0.25, 0.3) is 0 Å². The number of alkyl halides is 1. The Bertz CT molecular complexity index is 392. The first-order valence-corrected chi connectivity index (χ1v) is 8.63. The van der Waals surface area contributed by atoms with E-state index in [0.717, 1.165) is 35.9 Å². The van der Waals surface area contributed by atoms with Crippen molar-refractivity contribution >= 4 is 33.2 Å². The molecule has 4 heteroatoms. The second-order valence-electron chi connectivity index (χ2n) is 4.97. The number of hydrogen-bond donors (Lipinski definition) is 1. The largest absolute Gasteiger partial charge is 0.349 e. The predicted molar refractivity (Wildman–Crippen MR) is 80.9 cm³/mol. The van der Waals surface area contributed by atoms with Gasteiger partial charge in [0.05, 0.1) is 4.88 Å². The smallest absolute Gasteiger partial charge is 0.261 e. The van der Waals surface area contributed by atoms with Gasteiger partial charge in [-0.25, -0.2) is 0 Å². The number of halogens is 1. The van der Waals surface area contributed by atoms with Crippen molar-refractivity contribution < 1.29 is 4.79 Å². The average Bonchev–Trinajstić information content (AvgIpc) is 2.80. The fourth-order valence-electron chi connectivity index (χ4n) is 2.35. The van der Waals surface area contributed by atoms with E-state index in [9.17, 15) is 4.79 Å². The van der Waals surface area contributed by atoms with Crippen molar-refractivity contribution in [3.63, 3.8) is 0 Å². The molecular weight excluding hydrogens is 310 g/mol. The van der Waals surface area contributed by atoms with Gasteiger partial charge in [0.15, 0.2) is 0 Å². The van der Waals surface area contributed by atoms with Crippen LogP contribution >= 0.6 is 27.3 Å². The Morgan fingerprint density at radius 3 is 3.00 bits per heavy atom. The Balaban J connectivity index is 1.94. The molecule has 18 heavy (non-hydrogen) atoms. The topological polar surface area (TPSA) is 29.1 Å². The highest BCUT2D eigenvalue weighted by atomic mass is 79.9. The maximum atomic E-state index is 12.1. The summed E-state index contributed by atoms with van der Waals surface area (Å²) in [6, 6.07) is 2.36. The summed E-state index contributed by atoms with van der Waals surface area (Å²) in [5, 5.41) is 4.09. The lowest BCUT2D eigenvalue weighted by molar-refractivity contribution is 0.0942. The van der Waals surface area contributed by atoms with Crippen molar-refractivity contribution in [1.82, 2.24) is 5.32 Å². The van der Waals surface area contributed by atoms with Gasteiger partial charge >= 0.3 is 0 Å². The van der Waals surface area contributed by atoms with Gasteiger partial charge in [-0.3, -0.25) is 4.79 Å². The summed E-state index contributed by atoms with van der Waals surface area (Å²) in [6.45, 7) is 2.08. The van der Waals surface area contributed by atoms with Crippen molar-refractivity contribution in [2.75, 3.05) is 5.33 Å². The van der Waals surface area contributed by atoms with Crippen LogP contribution in [-0.2, 0) is 12.8 Å². The van der Waals surface area contributed by atoms with Crippen LogP contribution in [0.5, 0.6) is 0 Å². The zero-order chi connectivity index (χ0) is 13.0. The molecule has 1 aliphatic rings. The monoisotopic (exact) mass is 329 g/mol. The summed E-state index contributed by atoms with van der Waals surface area (Å²) in [5.74, 6) is 0.108. The lowest BCUT2D eigenvalue weighted by Crippen LogP contribution is -2.32. The normalized spacial score (nSPS) is 16.1. The van der Waals surface area contributed by atoms with E-state index < -0.39 is 0 Å². The third-order valence-electron chi connectivity index (χ3n) is 3.37. The lowest BCUT2D eigenvalue weighted by atomic mass is 9.99. The SMILES string of the molecule is CC(CCCBr)NC(=O)c1cc2c(s1)CCCC2. The Morgan fingerprint density at radius 1 is 1.50 bits per heavy atom. The summed E-state index contributed by atoms with van der Waals surface area (Å²) in [7, 11) is 0. The molecule has 0 spiro atoms. The number of carbonyl (C=O) groups excluding carboxylic acids is 1. The van der Waals surface area contributed by atoms with Crippen LogP contribution in [-0.4, -0.2) is 17.3 Å². The molecule has 0 saturated heterocycles. The number of fused-ring (bicyclic) bond motifs is 1. The van der Waals surface area contributed by atoms with Gasteiger partial charge in [0, 0.05) is 16.2 Å². The van der Waals surface area contributed by atoms with E-state index in [1.165, 1.54) is 23.3 Å². The number of amides is 1. The van der Waals surface area contributed by atoms with Gasteiger partial charge in [-0.05, 0) is 57.1 Å². The zero-order valence-corrected chi connectivity index (χ0v) is 13.2. The molecule has 1 aliphatic carbocycles. The van der Waals surface area contributed by atoms with E-state index in [1.807, 2.05) is 0 Å². The molecule has 0 saturated carbocycles. The summed E-state index contributed by atoms with van der Waals surface area (Å²) in [6.07, 6.45) is 6.98. The van der Waals surface area contributed by atoms with Crippen LogP contribution in [0.2, 0.25) is 0 Å². The summed E-state index contributed by atoms with van der Waals surface area (Å²) < 4.78 is 0. The number of rotatable bonds is 5. The number of aryl methyl sites for hydroxylation is 2. The Labute approximate surface area is 121 Å². The highest BCUT2D eigenvalue weighted by molar-refractivity contribution is 9.09. The van der Waals surface area contributed by atoms with Crippen LogP contribution in [0.3, 0.4) is 0 Å². The number of carbonyl (C=O) groups is 1. The Morgan fingerprint density at radius 2 is 2.28 bits per heavy atom. The first-order chi connectivity index (χ1) is 8.70. The van der Waals surface area contributed by atoms with Crippen LogP contribution in [0.4, 0.5) is 0 Å². The molecule has 1 unspecified atom stereocenters. The quantitative estimate of drug-likeness (QED) is 0.815. The second-order valence-corrected chi connectivity index (χ2v) is 6.90. The third kappa shape index (κ3) is 3.58. The van der Waals surface area contributed by atoms with Crippen LogP contribution in [0.15, 0.2) is 6.07 Å². The molecule has 100 valence electrons. The Hall–Kier alpha value is -0.350. The van der Waals surface area contributed by atoms with Crippen LogP contribution < -0.4 is 5.32 Å². The second kappa shape index (κ2) is 6.71. The van der Waals surface area contributed by atoms with Crippen molar-refractivity contribution in [3.05, 3.63) is 21.4 Å². The minimum absolute atomic E-state index is 0.108. The molecule has 0 radical (unpaired) electrons. The van der Waals surface area contributed by atoms with E-state index in [2.05, 4.69) is 34.2 Å². The van der Waals surface area contributed by atoms with Gasteiger partial charge < -0.3 is 5.32 Å². The number of nitrogens with one attached hydrogen (secondary N) is 1. The summed E-state index contributed by atoms with van der Waals surface area (Å²) in [4.78, 5) is 14.4. The first-order valence-electron chi connectivity index (χ1n) is 6.69. The highest BCUT2D eigenvalue weighted by Gasteiger charge is 2.18. The van der Waals surface area contributed by atoms with Crippen LogP contribution in [0, 0.1) is 0 Å². The standard InChI is InChI=1S/C14H20BrNOS/c1-10(5-4-8-15)16-14(17)13-9-11-6-2-3-7-12(11)18-13/h9-10H,2-8H2,1H3,(H,16,17). The van der Waals surface area contributed by atoms with E-state index in [1.54, 1.807) is 11.3 Å². The lowest BCUT2D eigenvalue weighted by Gasteiger charge is -2.11. The minimum atomic E-state index is 0.108. The molecule has 1 N–H and O–H groups in total. The summed E-state index contributed by atoms with van der Waals surface area (Å²) in [5.41, 5.74) is 1.41. The number of thiophene rings is 1. The van der Waals surface area contributed by atoms with Crippen molar-refractivity contribution in [1.29, 1.82) is 0 Å². The maximum Gasteiger partial charge on any atom is 0.261 e. The molecule has 0 aliphatic heterocycles. The molecule has 1 aromatic heterocycles. The predicted octanol–water partition coefficient (Wildman–Crippen LogP) is 3.92.